The number of ether oxygens (including phenoxy) is 1. The van der Waals surface area contributed by atoms with Gasteiger partial charge in [0.1, 0.15) is 0 Å². The lowest BCUT2D eigenvalue weighted by molar-refractivity contribution is -0.137. The van der Waals surface area contributed by atoms with E-state index < -0.39 is 5.97 Å². The predicted molar refractivity (Wildman–Crippen MR) is 63.4 cm³/mol. The normalized spacial score (nSPS) is 10.2. The highest BCUT2D eigenvalue weighted by molar-refractivity contribution is 6.02. The number of hydrogen-bond donors (Lipinski definition) is 1. The van der Waals surface area contributed by atoms with Crippen LogP contribution in [0.2, 0.25) is 0 Å². The van der Waals surface area contributed by atoms with Crippen molar-refractivity contribution in [2.45, 2.75) is 13.8 Å². The Morgan fingerprint density at radius 2 is 2.24 bits per heavy atom. The molecule has 0 aliphatic carbocycles. The maximum Gasteiger partial charge on any atom is 0.330 e. The van der Waals surface area contributed by atoms with Gasteiger partial charge in [-0.15, -0.1) is 0 Å². The van der Waals surface area contributed by atoms with Gasteiger partial charge in [-0.3, -0.25) is 9.78 Å². The molecule has 5 heteroatoms. The molecule has 90 valence electrons. The van der Waals surface area contributed by atoms with Crippen molar-refractivity contribution < 1.29 is 14.3 Å². The number of hydrogen-bond acceptors (Lipinski definition) is 4. The Morgan fingerprint density at radius 1 is 1.47 bits per heavy atom. The van der Waals surface area contributed by atoms with Crippen LogP contribution < -0.4 is 5.32 Å². The summed E-state index contributed by atoms with van der Waals surface area (Å²) in [7, 11) is 0. The second-order valence-electron chi connectivity index (χ2n) is 3.26. The van der Waals surface area contributed by atoms with Crippen LogP contribution in [0.1, 0.15) is 12.6 Å². The average Bonchev–Trinajstić information content (AvgIpc) is 2.27. The number of pyridine rings is 1. The molecule has 1 rings (SSSR count). The fourth-order valence-electron chi connectivity index (χ4n) is 1.14. The summed E-state index contributed by atoms with van der Waals surface area (Å²) in [6.45, 7) is 3.81. The predicted octanol–water partition coefficient (Wildman–Crippen LogP) is 1.45. The van der Waals surface area contributed by atoms with Gasteiger partial charge in [-0.05, 0) is 26.0 Å². The molecule has 0 unspecified atom stereocenters. The van der Waals surface area contributed by atoms with Crippen molar-refractivity contribution in [1.82, 2.24) is 4.98 Å². The summed E-state index contributed by atoms with van der Waals surface area (Å²) in [6, 6.07) is 3.40. The van der Waals surface area contributed by atoms with E-state index in [4.69, 9.17) is 0 Å². The number of carbonyl (C=O) groups is 2. The first-order chi connectivity index (χ1) is 8.11. The van der Waals surface area contributed by atoms with E-state index in [0.29, 0.717) is 5.69 Å². The Labute approximate surface area is 99.5 Å². The van der Waals surface area contributed by atoms with Crippen LogP contribution in [0.15, 0.2) is 30.5 Å². The van der Waals surface area contributed by atoms with Gasteiger partial charge in [-0.25, -0.2) is 4.79 Å². The van der Waals surface area contributed by atoms with Crippen molar-refractivity contribution in [2.24, 2.45) is 0 Å². The summed E-state index contributed by atoms with van der Waals surface area (Å²) in [4.78, 5) is 26.4. The molecule has 0 saturated carbocycles. The number of esters is 1. The summed E-state index contributed by atoms with van der Waals surface area (Å²) in [5, 5.41) is 2.61. The van der Waals surface area contributed by atoms with Gasteiger partial charge < -0.3 is 10.1 Å². The van der Waals surface area contributed by atoms with Gasteiger partial charge in [0.2, 0.25) is 5.91 Å². The number of carbonyl (C=O) groups excluding carboxylic acids is 2. The number of nitrogens with one attached hydrogen (secondary N) is 1. The summed E-state index contributed by atoms with van der Waals surface area (Å²) >= 11 is 0. The topological polar surface area (TPSA) is 68.3 Å². The average molecular weight is 234 g/mol. The molecule has 0 aliphatic heterocycles. The highest BCUT2D eigenvalue weighted by Crippen LogP contribution is 2.06. The third kappa shape index (κ3) is 4.92. The van der Waals surface area contributed by atoms with Gasteiger partial charge in [0.15, 0.2) is 0 Å². The first kappa shape index (κ1) is 12.9. The Hall–Kier alpha value is -2.17. The van der Waals surface area contributed by atoms with E-state index in [1.165, 1.54) is 0 Å². The SMILES string of the molecule is CCOC(=O)/C=C/C(=O)Nc1ccnc(C)c1. The van der Waals surface area contributed by atoms with Crippen LogP contribution in [0.25, 0.3) is 0 Å². The van der Waals surface area contributed by atoms with Crippen LogP contribution in [0.4, 0.5) is 5.69 Å². The van der Waals surface area contributed by atoms with E-state index in [1.54, 1.807) is 25.3 Å². The number of aromatic nitrogens is 1. The summed E-state index contributed by atoms with van der Waals surface area (Å²) in [5.74, 6) is -0.919. The molecule has 17 heavy (non-hydrogen) atoms. The Morgan fingerprint density at radius 3 is 2.88 bits per heavy atom. The van der Waals surface area contributed by atoms with Crippen molar-refractivity contribution in [1.29, 1.82) is 0 Å². The lowest BCUT2D eigenvalue weighted by Crippen LogP contribution is -2.09. The molecular weight excluding hydrogens is 220 g/mol. The summed E-state index contributed by atoms with van der Waals surface area (Å²) in [6.07, 6.45) is 3.82. The van der Waals surface area contributed by atoms with Gasteiger partial charge >= 0.3 is 5.97 Å². The van der Waals surface area contributed by atoms with Crippen molar-refractivity contribution >= 4 is 17.6 Å². The van der Waals surface area contributed by atoms with E-state index in [0.717, 1.165) is 17.8 Å². The minimum atomic E-state index is -0.534. The van der Waals surface area contributed by atoms with Crippen LogP contribution in [-0.2, 0) is 14.3 Å². The van der Waals surface area contributed by atoms with Gasteiger partial charge in [-0.1, -0.05) is 0 Å². The molecule has 1 aromatic rings. The molecule has 0 aromatic carbocycles. The van der Waals surface area contributed by atoms with Crippen LogP contribution in [-0.4, -0.2) is 23.5 Å². The second kappa shape index (κ2) is 6.42. The fourth-order valence-corrected chi connectivity index (χ4v) is 1.14. The van der Waals surface area contributed by atoms with Crippen LogP contribution in [0, 0.1) is 6.92 Å². The zero-order valence-corrected chi connectivity index (χ0v) is 9.77. The summed E-state index contributed by atoms with van der Waals surface area (Å²) in [5.41, 5.74) is 1.44. The molecule has 0 spiro atoms. The molecular formula is C12H14N2O3. The first-order valence-electron chi connectivity index (χ1n) is 5.20. The van der Waals surface area contributed by atoms with Crippen LogP contribution >= 0.6 is 0 Å². The largest absolute Gasteiger partial charge is 0.463 e. The molecule has 1 N–H and O–H groups in total. The highest BCUT2D eigenvalue weighted by atomic mass is 16.5. The Balaban J connectivity index is 2.53. The van der Waals surface area contributed by atoms with Gasteiger partial charge in [0, 0.05) is 29.7 Å². The molecule has 0 bridgehead atoms. The molecule has 0 aliphatic rings. The van der Waals surface area contributed by atoms with Crippen LogP contribution in [0.3, 0.4) is 0 Å². The third-order valence-electron chi connectivity index (χ3n) is 1.82. The lowest BCUT2D eigenvalue weighted by Gasteiger charge is -2.02. The lowest BCUT2D eigenvalue weighted by atomic mass is 10.3. The molecule has 0 fully saturated rings. The van der Waals surface area contributed by atoms with E-state index in [9.17, 15) is 9.59 Å². The highest BCUT2D eigenvalue weighted by Gasteiger charge is 2.00. The maximum atomic E-state index is 11.4. The third-order valence-corrected chi connectivity index (χ3v) is 1.82. The second-order valence-corrected chi connectivity index (χ2v) is 3.26. The van der Waals surface area contributed by atoms with Crippen molar-refractivity contribution in [3.8, 4) is 0 Å². The minimum Gasteiger partial charge on any atom is -0.463 e. The number of aryl methyl sites for hydroxylation is 1. The van der Waals surface area contributed by atoms with Crippen molar-refractivity contribution in [3.05, 3.63) is 36.2 Å². The number of amides is 1. The van der Waals surface area contributed by atoms with Gasteiger partial charge in [0.25, 0.3) is 0 Å². The number of nitrogens with zero attached hydrogens (tertiary/aromatic N) is 1. The number of anilines is 1. The zero-order chi connectivity index (χ0) is 12.7. The Kier molecular flexibility index (Phi) is 4.87. The zero-order valence-electron chi connectivity index (χ0n) is 9.77. The molecule has 1 aromatic heterocycles. The summed E-state index contributed by atoms with van der Waals surface area (Å²) < 4.78 is 4.65. The molecule has 0 saturated heterocycles. The van der Waals surface area contributed by atoms with Crippen molar-refractivity contribution in [2.75, 3.05) is 11.9 Å². The number of rotatable bonds is 4. The standard InChI is InChI=1S/C12H14N2O3/c1-3-17-12(16)5-4-11(15)14-10-6-7-13-9(2)8-10/h4-8H,3H2,1-2H3,(H,13,14,15)/b5-4+. The maximum absolute atomic E-state index is 11.4. The minimum absolute atomic E-state index is 0.286. The Bertz CT molecular complexity index is 441. The molecule has 0 radical (unpaired) electrons. The van der Waals surface area contributed by atoms with E-state index in [2.05, 4.69) is 15.0 Å². The van der Waals surface area contributed by atoms with Gasteiger partial charge in [-0.2, -0.15) is 0 Å². The van der Waals surface area contributed by atoms with E-state index in [1.807, 2.05) is 6.92 Å². The molecule has 5 nitrogen and oxygen atoms in total. The molecule has 1 heterocycles. The fraction of sp³-hybridized carbons (Fsp3) is 0.250. The monoisotopic (exact) mass is 234 g/mol. The van der Waals surface area contributed by atoms with Crippen molar-refractivity contribution in [3.63, 3.8) is 0 Å². The van der Waals surface area contributed by atoms with Gasteiger partial charge in [0.05, 0.1) is 6.61 Å². The smallest absolute Gasteiger partial charge is 0.330 e. The quantitative estimate of drug-likeness (QED) is 0.632. The van der Waals surface area contributed by atoms with E-state index in [-0.39, 0.29) is 12.5 Å². The molecule has 1 amide bonds. The molecule has 0 atom stereocenters. The van der Waals surface area contributed by atoms with Crippen LogP contribution in [0.5, 0.6) is 0 Å². The van der Waals surface area contributed by atoms with E-state index >= 15 is 0 Å². The first-order valence-corrected chi connectivity index (χ1v) is 5.20.